The lowest BCUT2D eigenvalue weighted by Crippen LogP contribution is -2.23. The molecule has 0 aliphatic heterocycles. The van der Waals surface area contributed by atoms with Gasteiger partial charge in [-0.2, -0.15) is 0 Å². The lowest BCUT2D eigenvalue weighted by atomic mass is 9.79. The molecule has 7 aromatic rings. The maximum atomic E-state index is 5.14. The average Bonchev–Trinajstić information content (AvgIpc) is 3.44. The first-order chi connectivity index (χ1) is 28.2. The van der Waals surface area contributed by atoms with Gasteiger partial charge in [-0.1, -0.05) is 158 Å². The molecule has 0 radical (unpaired) electrons. The quantitative estimate of drug-likeness (QED) is 0.173. The molecule has 57 heavy (non-hydrogen) atoms. The molecule has 4 aliphatic rings. The van der Waals surface area contributed by atoms with Crippen molar-refractivity contribution in [1.29, 1.82) is 0 Å². The number of aromatic nitrogens is 2. The molecule has 0 bridgehead atoms. The molecule has 0 N–H and O–H groups in total. The molecule has 4 aliphatic carbocycles. The van der Waals surface area contributed by atoms with Crippen LogP contribution in [0.1, 0.15) is 30.4 Å². The van der Waals surface area contributed by atoms with Crippen molar-refractivity contribution in [3.8, 4) is 17.1 Å². The van der Waals surface area contributed by atoms with Crippen LogP contribution < -0.4 is 10.4 Å². The van der Waals surface area contributed by atoms with Gasteiger partial charge in [0, 0.05) is 17.2 Å². The van der Waals surface area contributed by atoms with Gasteiger partial charge in [0.2, 0.25) is 0 Å². The molecule has 0 spiro atoms. The summed E-state index contributed by atoms with van der Waals surface area (Å²) in [6, 6.07) is 52.4. The van der Waals surface area contributed by atoms with Crippen molar-refractivity contribution in [2.45, 2.75) is 19.3 Å². The zero-order valence-electron chi connectivity index (χ0n) is 31.6. The Kier molecular flexibility index (Phi) is 8.14. The molecular weight excluding hydrogens is 689 g/mol. The van der Waals surface area contributed by atoms with Gasteiger partial charge in [-0.05, 0) is 133 Å². The molecule has 11 rings (SSSR count). The van der Waals surface area contributed by atoms with Gasteiger partial charge in [0.1, 0.15) is 5.82 Å². The Balaban J connectivity index is 1.06. The van der Waals surface area contributed by atoms with Gasteiger partial charge in [0.15, 0.2) is 0 Å². The minimum absolute atomic E-state index is 0.111. The highest BCUT2D eigenvalue weighted by molar-refractivity contribution is 5.95. The minimum Gasteiger partial charge on any atom is -0.292 e. The smallest absolute Gasteiger partial charge is 0.145 e. The van der Waals surface area contributed by atoms with Crippen LogP contribution in [0.25, 0.3) is 62.2 Å². The summed E-state index contributed by atoms with van der Waals surface area (Å²) in [5, 5.41) is 5.10. The van der Waals surface area contributed by atoms with Crippen molar-refractivity contribution < 1.29 is 0 Å². The topological polar surface area (TPSA) is 17.8 Å². The van der Waals surface area contributed by atoms with E-state index in [-0.39, 0.29) is 5.92 Å². The predicted molar refractivity (Wildman–Crippen MR) is 239 cm³/mol. The molecule has 6 aromatic carbocycles. The first kappa shape index (κ1) is 33.3. The Labute approximate surface area is 333 Å². The third-order valence-electron chi connectivity index (χ3n) is 11.9. The van der Waals surface area contributed by atoms with E-state index in [4.69, 9.17) is 4.98 Å². The number of nitrogens with zero attached hydrogens (tertiary/aromatic N) is 2. The van der Waals surface area contributed by atoms with Crippen molar-refractivity contribution in [2.75, 3.05) is 0 Å². The molecule has 1 atom stereocenters. The second-order valence-corrected chi connectivity index (χ2v) is 15.3. The Morgan fingerprint density at radius 3 is 2.12 bits per heavy atom. The van der Waals surface area contributed by atoms with Crippen molar-refractivity contribution in [3.05, 3.63) is 238 Å². The molecule has 0 saturated heterocycles. The lowest BCUT2D eigenvalue weighted by Gasteiger charge is -2.24. The normalized spacial score (nSPS) is 17.4. The maximum Gasteiger partial charge on any atom is 0.145 e. The van der Waals surface area contributed by atoms with Crippen LogP contribution >= 0.6 is 0 Å². The zero-order chi connectivity index (χ0) is 37.7. The van der Waals surface area contributed by atoms with Gasteiger partial charge in [-0.15, -0.1) is 0 Å². The van der Waals surface area contributed by atoms with Gasteiger partial charge in [0.05, 0.1) is 11.0 Å². The second-order valence-electron chi connectivity index (χ2n) is 15.3. The third-order valence-corrected chi connectivity index (χ3v) is 11.9. The maximum absolute atomic E-state index is 5.14. The van der Waals surface area contributed by atoms with E-state index < -0.39 is 0 Å². The number of para-hydroxylation sites is 3. The monoisotopic (exact) mass is 728 g/mol. The SMILES string of the molecule is C1=CC2C=C(c3ccc4ccccc4c3)C3=CCCC=C3C(C3=CCC=c4ccccc4=C3)=C2C=C1c1ccc(-c2nc3ccccc3n2-c2ccccc2)cc1. The Morgan fingerprint density at radius 1 is 0.526 bits per heavy atom. The summed E-state index contributed by atoms with van der Waals surface area (Å²) in [6.45, 7) is 0. The van der Waals surface area contributed by atoms with E-state index in [9.17, 15) is 0 Å². The van der Waals surface area contributed by atoms with Crippen LogP contribution in [0.3, 0.4) is 0 Å². The number of allylic oxidation sites excluding steroid dienone is 14. The summed E-state index contributed by atoms with van der Waals surface area (Å²) < 4.78 is 2.27. The van der Waals surface area contributed by atoms with Crippen LogP contribution in [-0.4, -0.2) is 9.55 Å². The summed E-state index contributed by atoms with van der Waals surface area (Å²) in [6.07, 6.45) is 24.9. The number of hydrogen-bond acceptors (Lipinski definition) is 1. The van der Waals surface area contributed by atoms with Crippen LogP contribution in [0.2, 0.25) is 0 Å². The van der Waals surface area contributed by atoms with Crippen LogP contribution in [0.4, 0.5) is 0 Å². The number of fused-ring (bicyclic) bond motifs is 5. The van der Waals surface area contributed by atoms with E-state index in [0.717, 1.165) is 47.4 Å². The Hall–Kier alpha value is -7.03. The third kappa shape index (κ3) is 5.93. The number of hydrogen-bond donors (Lipinski definition) is 0. The summed E-state index contributed by atoms with van der Waals surface area (Å²) in [4.78, 5) is 5.14. The average molecular weight is 729 g/mol. The molecule has 270 valence electrons. The minimum atomic E-state index is 0.111. The molecule has 1 aromatic heterocycles. The van der Waals surface area contributed by atoms with E-state index in [1.807, 2.05) is 0 Å². The van der Waals surface area contributed by atoms with Crippen LogP contribution in [0.5, 0.6) is 0 Å². The van der Waals surface area contributed by atoms with Gasteiger partial charge in [-0.25, -0.2) is 4.98 Å². The fraction of sp³-hybridized carbons (Fsp3) is 0.0727. The summed E-state index contributed by atoms with van der Waals surface area (Å²) in [7, 11) is 0. The van der Waals surface area contributed by atoms with Crippen molar-refractivity contribution in [2.24, 2.45) is 5.92 Å². The zero-order valence-corrected chi connectivity index (χ0v) is 31.6. The predicted octanol–water partition coefficient (Wildman–Crippen LogP) is 12.0. The van der Waals surface area contributed by atoms with E-state index in [0.29, 0.717) is 0 Å². The van der Waals surface area contributed by atoms with E-state index in [2.05, 4.69) is 205 Å². The molecule has 1 heterocycles. The van der Waals surface area contributed by atoms with Gasteiger partial charge in [0.25, 0.3) is 0 Å². The largest absolute Gasteiger partial charge is 0.292 e. The van der Waals surface area contributed by atoms with Crippen molar-refractivity contribution in [3.63, 3.8) is 0 Å². The molecule has 2 nitrogen and oxygen atoms in total. The fourth-order valence-corrected chi connectivity index (χ4v) is 9.12. The molecule has 1 unspecified atom stereocenters. The number of imidazole rings is 1. The standard InChI is InChI=1S/C55H40N2/c1-2-19-47(20-3-1)57-53-24-11-10-23-52(53)56-55(57)40-28-25-39(26-29-40)43-30-32-45-36-50(44-31-27-38-14-5-7-15-41(38)33-44)48-21-8-9-22-49(48)54(51(45)35-43)46-18-12-17-37-13-4-6-16-42(37)34-46/h1-7,10-11,13-36,45H,8-9,12H2. The van der Waals surface area contributed by atoms with Crippen LogP contribution in [-0.2, 0) is 0 Å². The summed E-state index contributed by atoms with van der Waals surface area (Å²) in [5.74, 6) is 1.05. The summed E-state index contributed by atoms with van der Waals surface area (Å²) in [5.41, 5.74) is 16.0. The highest BCUT2D eigenvalue weighted by Crippen LogP contribution is 2.48. The van der Waals surface area contributed by atoms with Crippen LogP contribution in [0.15, 0.2) is 216 Å². The second kappa shape index (κ2) is 13.9. The molecule has 0 amide bonds. The number of rotatable bonds is 5. The van der Waals surface area contributed by atoms with Gasteiger partial charge in [-0.3, -0.25) is 4.57 Å². The van der Waals surface area contributed by atoms with Crippen LogP contribution in [0, 0.1) is 5.92 Å². The lowest BCUT2D eigenvalue weighted by molar-refractivity contribution is 0.982. The van der Waals surface area contributed by atoms with Gasteiger partial charge < -0.3 is 0 Å². The first-order valence-corrected chi connectivity index (χ1v) is 20.1. The summed E-state index contributed by atoms with van der Waals surface area (Å²) >= 11 is 0. The Morgan fingerprint density at radius 2 is 1.25 bits per heavy atom. The van der Waals surface area contributed by atoms with E-state index >= 15 is 0 Å². The molecule has 0 saturated carbocycles. The Bertz CT molecular complexity index is 3120. The number of benzene rings is 6. The van der Waals surface area contributed by atoms with E-state index in [1.165, 1.54) is 71.3 Å². The van der Waals surface area contributed by atoms with E-state index in [1.54, 1.807) is 0 Å². The fourth-order valence-electron chi connectivity index (χ4n) is 9.12. The molecule has 2 heteroatoms. The van der Waals surface area contributed by atoms with Gasteiger partial charge >= 0.3 is 0 Å². The highest BCUT2D eigenvalue weighted by Gasteiger charge is 2.30. The molecular formula is C55H40N2. The highest BCUT2D eigenvalue weighted by atomic mass is 15.1. The van der Waals surface area contributed by atoms with Crippen molar-refractivity contribution >= 4 is 45.1 Å². The first-order valence-electron chi connectivity index (χ1n) is 20.1. The van der Waals surface area contributed by atoms with Crippen molar-refractivity contribution in [1.82, 2.24) is 9.55 Å². The molecule has 0 fully saturated rings.